The Bertz CT molecular complexity index is 1120. The third-order valence-corrected chi connectivity index (χ3v) is 5.03. The first-order chi connectivity index (χ1) is 12.2. The molecule has 0 atom stereocenters. The van der Waals surface area contributed by atoms with Crippen molar-refractivity contribution >= 4 is 48.5 Å². The molecule has 0 aliphatic heterocycles. The largest absolute Gasteiger partial charge is 0.455 e. The molecular formula is C17H14BrN3O4S. The standard InChI is InChI=1S/C17H14BrN3O4S/c1-10(16-9-12-8-13(18)4-7-15(12)25-16)20-21-17(22)11-2-5-14(6-3-11)26(19,23)24/h2-9H,1H3,(H,21,22)(H2,19,23,24)/b20-10+. The van der Waals surface area contributed by atoms with Gasteiger partial charge in [0.05, 0.1) is 4.90 Å². The summed E-state index contributed by atoms with van der Waals surface area (Å²) < 4.78 is 29.1. The number of nitrogens with one attached hydrogen (secondary N) is 1. The van der Waals surface area contributed by atoms with Crippen LogP contribution in [0.3, 0.4) is 0 Å². The van der Waals surface area contributed by atoms with Crippen LogP contribution >= 0.6 is 15.9 Å². The average Bonchev–Trinajstić information content (AvgIpc) is 3.02. The zero-order valence-corrected chi connectivity index (χ0v) is 16.0. The van der Waals surface area contributed by atoms with Gasteiger partial charge in [0, 0.05) is 15.4 Å². The molecule has 1 heterocycles. The number of nitrogens with two attached hydrogens (primary N) is 1. The van der Waals surface area contributed by atoms with Crippen molar-refractivity contribution in [1.29, 1.82) is 0 Å². The Morgan fingerprint density at radius 3 is 2.50 bits per heavy atom. The van der Waals surface area contributed by atoms with Gasteiger partial charge in [-0.15, -0.1) is 0 Å². The van der Waals surface area contributed by atoms with Crippen LogP contribution in [-0.2, 0) is 10.0 Å². The molecule has 9 heteroatoms. The Hall–Kier alpha value is -2.49. The molecule has 2 aromatic carbocycles. The first kappa shape index (κ1) is 18.3. The molecule has 1 amide bonds. The highest BCUT2D eigenvalue weighted by molar-refractivity contribution is 9.10. The van der Waals surface area contributed by atoms with Gasteiger partial charge in [0.1, 0.15) is 11.3 Å². The van der Waals surface area contributed by atoms with Crippen molar-refractivity contribution in [3.63, 3.8) is 0 Å². The fraction of sp³-hybridized carbons (Fsp3) is 0.0588. The molecule has 0 saturated heterocycles. The molecule has 0 saturated carbocycles. The summed E-state index contributed by atoms with van der Waals surface area (Å²) in [5.41, 5.74) is 3.87. The smallest absolute Gasteiger partial charge is 0.271 e. The topological polar surface area (TPSA) is 115 Å². The number of carbonyl (C=O) groups is 1. The maximum Gasteiger partial charge on any atom is 0.271 e. The Morgan fingerprint density at radius 1 is 1.15 bits per heavy atom. The molecule has 0 fully saturated rings. The number of hydrogen-bond acceptors (Lipinski definition) is 5. The maximum atomic E-state index is 12.1. The van der Waals surface area contributed by atoms with E-state index in [-0.39, 0.29) is 10.5 Å². The molecule has 3 N–H and O–H groups in total. The fourth-order valence-electron chi connectivity index (χ4n) is 2.24. The molecule has 3 aromatic rings. The van der Waals surface area contributed by atoms with Gasteiger partial charge in [0.25, 0.3) is 5.91 Å². The summed E-state index contributed by atoms with van der Waals surface area (Å²) in [4.78, 5) is 12.1. The van der Waals surface area contributed by atoms with Crippen LogP contribution in [0, 0.1) is 0 Å². The van der Waals surface area contributed by atoms with Crippen LogP contribution in [0.1, 0.15) is 23.0 Å². The van der Waals surface area contributed by atoms with E-state index < -0.39 is 15.9 Å². The third-order valence-electron chi connectivity index (χ3n) is 3.61. The van der Waals surface area contributed by atoms with Gasteiger partial charge in [-0.25, -0.2) is 19.0 Å². The van der Waals surface area contributed by atoms with E-state index >= 15 is 0 Å². The predicted octanol–water partition coefficient (Wildman–Crippen LogP) is 3.00. The van der Waals surface area contributed by atoms with E-state index in [0.29, 0.717) is 17.1 Å². The zero-order valence-electron chi connectivity index (χ0n) is 13.6. The van der Waals surface area contributed by atoms with E-state index in [9.17, 15) is 13.2 Å². The summed E-state index contributed by atoms with van der Waals surface area (Å²) in [5, 5.41) is 9.96. The van der Waals surface area contributed by atoms with Crippen LogP contribution in [0.5, 0.6) is 0 Å². The predicted molar refractivity (Wildman–Crippen MR) is 101 cm³/mol. The lowest BCUT2D eigenvalue weighted by Gasteiger charge is -2.02. The number of hydrazone groups is 1. The number of furan rings is 1. The molecule has 1 aromatic heterocycles. The Morgan fingerprint density at radius 2 is 1.85 bits per heavy atom. The molecule has 134 valence electrons. The lowest BCUT2D eigenvalue weighted by Crippen LogP contribution is -2.19. The number of hydrogen-bond donors (Lipinski definition) is 2. The highest BCUT2D eigenvalue weighted by Crippen LogP contribution is 2.23. The third kappa shape index (κ3) is 4.01. The summed E-state index contributed by atoms with van der Waals surface area (Å²) in [6, 6.07) is 12.7. The molecular weight excluding hydrogens is 422 g/mol. The van der Waals surface area contributed by atoms with E-state index in [1.807, 2.05) is 24.3 Å². The van der Waals surface area contributed by atoms with Gasteiger partial charge in [-0.05, 0) is 55.5 Å². The van der Waals surface area contributed by atoms with Gasteiger partial charge >= 0.3 is 0 Å². The van der Waals surface area contributed by atoms with Gasteiger partial charge in [0.15, 0.2) is 5.76 Å². The molecule has 0 radical (unpaired) electrons. The van der Waals surface area contributed by atoms with Crippen LogP contribution in [0.25, 0.3) is 11.0 Å². The number of amides is 1. The first-order valence-corrected chi connectivity index (χ1v) is 9.75. The molecule has 0 aliphatic rings. The van der Waals surface area contributed by atoms with Crippen LogP contribution < -0.4 is 10.6 Å². The van der Waals surface area contributed by atoms with E-state index in [4.69, 9.17) is 9.56 Å². The van der Waals surface area contributed by atoms with Gasteiger partial charge in [-0.1, -0.05) is 15.9 Å². The number of carbonyl (C=O) groups excluding carboxylic acids is 1. The molecule has 0 bridgehead atoms. The summed E-state index contributed by atoms with van der Waals surface area (Å²) in [5.74, 6) is 0.0483. The SMILES string of the molecule is C/C(=N\NC(=O)c1ccc(S(N)(=O)=O)cc1)c1cc2cc(Br)ccc2o1. The van der Waals surface area contributed by atoms with E-state index in [1.54, 1.807) is 6.92 Å². The number of rotatable bonds is 4. The molecule has 0 unspecified atom stereocenters. The number of sulfonamides is 1. The van der Waals surface area contributed by atoms with Crippen molar-refractivity contribution < 1.29 is 17.6 Å². The summed E-state index contributed by atoms with van der Waals surface area (Å²) in [6.07, 6.45) is 0. The minimum Gasteiger partial charge on any atom is -0.455 e. The Balaban J connectivity index is 1.76. The van der Waals surface area contributed by atoms with Gasteiger partial charge in [-0.3, -0.25) is 4.79 Å². The number of benzene rings is 2. The van der Waals surface area contributed by atoms with Gasteiger partial charge in [0.2, 0.25) is 10.0 Å². The van der Waals surface area contributed by atoms with Crippen molar-refractivity contribution in [2.75, 3.05) is 0 Å². The highest BCUT2D eigenvalue weighted by atomic mass is 79.9. The van der Waals surface area contributed by atoms with Crippen molar-refractivity contribution in [3.05, 3.63) is 64.3 Å². The van der Waals surface area contributed by atoms with Crippen molar-refractivity contribution in [2.45, 2.75) is 11.8 Å². The molecule has 0 aliphatic carbocycles. The van der Waals surface area contributed by atoms with Crippen LogP contribution in [0.15, 0.2) is 67.4 Å². The van der Waals surface area contributed by atoms with Crippen LogP contribution in [0.2, 0.25) is 0 Å². The Kier molecular flexibility index (Phi) is 4.94. The highest BCUT2D eigenvalue weighted by Gasteiger charge is 2.11. The second-order valence-corrected chi connectivity index (χ2v) is 7.98. The normalized spacial score (nSPS) is 12.3. The van der Waals surface area contributed by atoms with Gasteiger partial charge < -0.3 is 4.42 Å². The average molecular weight is 436 g/mol. The lowest BCUT2D eigenvalue weighted by molar-refractivity contribution is 0.0954. The second kappa shape index (κ2) is 7.02. The molecule has 3 rings (SSSR count). The monoisotopic (exact) mass is 435 g/mol. The molecule has 26 heavy (non-hydrogen) atoms. The zero-order chi connectivity index (χ0) is 18.9. The second-order valence-electron chi connectivity index (χ2n) is 5.50. The number of primary sulfonamides is 1. The summed E-state index contributed by atoms with van der Waals surface area (Å²) >= 11 is 3.40. The molecule has 0 spiro atoms. The fourth-order valence-corrected chi connectivity index (χ4v) is 3.14. The minimum absolute atomic E-state index is 0.0674. The van der Waals surface area contributed by atoms with Gasteiger partial charge in [-0.2, -0.15) is 5.10 Å². The maximum absolute atomic E-state index is 12.1. The van der Waals surface area contributed by atoms with Crippen molar-refractivity contribution in [1.82, 2.24) is 5.43 Å². The molecule has 7 nitrogen and oxygen atoms in total. The lowest BCUT2D eigenvalue weighted by atomic mass is 10.2. The number of fused-ring (bicyclic) bond motifs is 1. The minimum atomic E-state index is -3.80. The quantitative estimate of drug-likeness (QED) is 0.483. The first-order valence-electron chi connectivity index (χ1n) is 7.41. The van der Waals surface area contributed by atoms with E-state index in [0.717, 1.165) is 9.86 Å². The summed E-state index contributed by atoms with van der Waals surface area (Å²) in [6.45, 7) is 1.71. The van der Waals surface area contributed by atoms with E-state index in [1.165, 1.54) is 24.3 Å². The summed E-state index contributed by atoms with van der Waals surface area (Å²) in [7, 11) is -3.80. The van der Waals surface area contributed by atoms with Crippen molar-refractivity contribution in [3.8, 4) is 0 Å². The number of halogens is 1. The van der Waals surface area contributed by atoms with E-state index in [2.05, 4.69) is 26.5 Å². The van der Waals surface area contributed by atoms with Crippen molar-refractivity contribution in [2.24, 2.45) is 10.2 Å². The van der Waals surface area contributed by atoms with Crippen LogP contribution in [-0.4, -0.2) is 20.0 Å². The Labute approximate surface area is 158 Å². The number of nitrogens with zero attached hydrogens (tertiary/aromatic N) is 1. The van der Waals surface area contributed by atoms with Crippen LogP contribution in [0.4, 0.5) is 0 Å².